The number of rotatable bonds is 5. The zero-order chi connectivity index (χ0) is 16.2. The summed E-state index contributed by atoms with van der Waals surface area (Å²) < 4.78 is 0. The van der Waals surface area contributed by atoms with Crippen LogP contribution in [0.15, 0.2) is 36.0 Å². The summed E-state index contributed by atoms with van der Waals surface area (Å²) in [4.78, 5) is 27.0. The number of hydrogen-bond acceptors (Lipinski definition) is 5. The SMILES string of the molecule is CC(=O)NC(Cc1c[nH]c2ccccc12)C(=O)Nc1nncs1. The molecule has 8 heteroatoms. The third-order valence-electron chi connectivity index (χ3n) is 3.38. The molecule has 3 rings (SSSR count). The summed E-state index contributed by atoms with van der Waals surface area (Å²) in [6, 6.07) is 7.14. The number of hydrogen-bond donors (Lipinski definition) is 3. The topological polar surface area (TPSA) is 99.8 Å². The highest BCUT2D eigenvalue weighted by molar-refractivity contribution is 7.13. The first-order valence-electron chi connectivity index (χ1n) is 7.02. The van der Waals surface area contributed by atoms with E-state index in [1.165, 1.54) is 23.8 Å². The Bertz CT molecular complexity index is 827. The van der Waals surface area contributed by atoms with Crippen molar-refractivity contribution in [1.82, 2.24) is 20.5 Å². The smallest absolute Gasteiger partial charge is 0.249 e. The molecule has 1 unspecified atom stereocenters. The number of fused-ring (bicyclic) bond motifs is 1. The number of para-hydroxylation sites is 1. The van der Waals surface area contributed by atoms with Crippen LogP contribution < -0.4 is 10.6 Å². The van der Waals surface area contributed by atoms with E-state index >= 15 is 0 Å². The number of carbonyl (C=O) groups is 2. The van der Waals surface area contributed by atoms with Gasteiger partial charge in [-0.15, -0.1) is 10.2 Å². The molecular formula is C15H15N5O2S. The maximum absolute atomic E-state index is 12.4. The van der Waals surface area contributed by atoms with Gasteiger partial charge in [0.15, 0.2) is 0 Å². The van der Waals surface area contributed by atoms with Crippen molar-refractivity contribution in [1.29, 1.82) is 0 Å². The normalized spacial score (nSPS) is 12.0. The van der Waals surface area contributed by atoms with Crippen LogP contribution in [0.1, 0.15) is 12.5 Å². The number of carbonyl (C=O) groups excluding carboxylic acids is 2. The number of H-pyrrole nitrogens is 1. The fourth-order valence-corrected chi connectivity index (χ4v) is 2.84. The number of benzene rings is 1. The largest absolute Gasteiger partial charge is 0.361 e. The summed E-state index contributed by atoms with van der Waals surface area (Å²) in [6.07, 6.45) is 2.24. The van der Waals surface area contributed by atoms with Gasteiger partial charge in [-0.25, -0.2) is 0 Å². The highest BCUT2D eigenvalue weighted by atomic mass is 32.1. The first kappa shape index (κ1) is 15.2. The summed E-state index contributed by atoms with van der Waals surface area (Å²) in [5.41, 5.74) is 3.49. The first-order chi connectivity index (χ1) is 11.1. The summed E-state index contributed by atoms with van der Waals surface area (Å²) in [5.74, 6) is -0.579. The Morgan fingerprint density at radius 1 is 1.35 bits per heavy atom. The number of aromatic amines is 1. The second-order valence-corrected chi connectivity index (χ2v) is 5.88. The van der Waals surface area contributed by atoms with Crippen molar-refractivity contribution < 1.29 is 9.59 Å². The lowest BCUT2D eigenvalue weighted by Crippen LogP contribution is -2.44. The Morgan fingerprint density at radius 2 is 2.17 bits per heavy atom. The van der Waals surface area contributed by atoms with E-state index < -0.39 is 6.04 Å². The Labute approximate surface area is 136 Å². The van der Waals surface area contributed by atoms with Gasteiger partial charge in [-0.2, -0.15) is 0 Å². The van der Waals surface area contributed by atoms with Gasteiger partial charge in [0.2, 0.25) is 16.9 Å². The van der Waals surface area contributed by atoms with Crippen LogP contribution in [0.4, 0.5) is 5.13 Å². The number of amides is 2. The average Bonchev–Trinajstić information content (AvgIpc) is 3.16. The van der Waals surface area contributed by atoms with Crippen LogP contribution in [0.25, 0.3) is 10.9 Å². The van der Waals surface area contributed by atoms with Gasteiger partial charge in [0, 0.05) is 30.4 Å². The number of aromatic nitrogens is 3. The number of nitrogens with zero attached hydrogens (tertiary/aromatic N) is 2. The molecule has 0 fully saturated rings. The van der Waals surface area contributed by atoms with Gasteiger partial charge in [0.05, 0.1) is 0 Å². The number of nitrogens with one attached hydrogen (secondary N) is 3. The van der Waals surface area contributed by atoms with Gasteiger partial charge >= 0.3 is 0 Å². The van der Waals surface area contributed by atoms with Crippen molar-refractivity contribution in [2.24, 2.45) is 0 Å². The standard InChI is InChI=1S/C15H15N5O2S/c1-9(21)18-13(14(22)19-15-20-17-8-23-15)6-10-7-16-12-5-3-2-4-11(10)12/h2-5,7-8,13,16H,6H2,1H3,(H,18,21)(H,19,20,22). The lowest BCUT2D eigenvalue weighted by Gasteiger charge is -2.16. The van der Waals surface area contributed by atoms with E-state index in [-0.39, 0.29) is 11.8 Å². The van der Waals surface area contributed by atoms with E-state index in [2.05, 4.69) is 25.8 Å². The van der Waals surface area contributed by atoms with Gasteiger partial charge in [-0.05, 0) is 11.6 Å². The van der Waals surface area contributed by atoms with Crippen LogP contribution >= 0.6 is 11.3 Å². The van der Waals surface area contributed by atoms with E-state index in [9.17, 15) is 9.59 Å². The summed E-state index contributed by atoms with van der Waals surface area (Å²) in [7, 11) is 0. The number of anilines is 1. The zero-order valence-corrected chi connectivity index (χ0v) is 13.2. The molecule has 0 saturated heterocycles. The third-order valence-corrected chi connectivity index (χ3v) is 3.99. The van der Waals surface area contributed by atoms with Gasteiger partial charge in [-0.1, -0.05) is 29.5 Å². The van der Waals surface area contributed by atoms with E-state index in [0.717, 1.165) is 16.5 Å². The predicted molar refractivity (Wildman–Crippen MR) is 88.1 cm³/mol. The molecule has 3 aromatic rings. The quantitative estimate of drug-likeness (QED) is 0.663. The molecule has 0 bridgehead atoms. The van der Waals surface area contributed by atoms with Crippen LogP contribution in [0.5, 0.6) is 0 Å². The van der Waals surface area contributed by atoms with Gasteiger partial charge < -0.3 is 10.3 Å². The lowest BCUT2D eigenvalue weighted by molar-refractivity contribution is -0.125. The summed E-state index contributed by atoms with van der Waals surface area (Å²) in [5, 5.41) is 14.3. The van der Waals surface area contributed by atoms with Gasteiger partial charge in [-0.3, -0.25) is 14.9 Å². The highest BCUT2D eigenvalue weighted by Crippen LogP contribution is 2.19. The molecule has 2 amide bonds. The minimum atomic E-state index is -0.685. The molecule has 0 aliphatic heterocycles. The van der Waals surface area contributed by atoms with Crippen LogP contribution in [-0.4, -0.2) is 33.0 Å². The predicted octanol–water partition coefficient (Wildman–Crippen LogP) is 1.71. The highest BCUT2D eigenvalue weighted by Gasteiger charge is 2.22. The fraction of sp³-hybridized carbons (Fsp3) is 0.200. The van der Waals surface area contributed by atoms with Crippen molar-refractivity contribution in [2.75, 3.05) is 5.32 Å². The molecule has 1 atom stereocenters. The molecule has 0 aliphatic rings. The van der Waals surface area contributed by atoms with E-state index in [1.54, 1.807) is 0 Å². The van der Waals surface area contributed by atoms with Crippen molar-refractivity contribution in [3.05, 3.63) is 41.5 Å². The summed E-state index contributed by atoms with van der Waals surface area (Å²) in [6.45, 7) is 1.39. The Kier molecular flexibility index (Phi) is 4.33. The molecule has 1 aromatic carbocycles. The van der Waals surface area contributed by atoms with Crippen LogP contribution in [-0.2, 0) is 16.0 Å². The molecule has 7 nitrogen and oxygen atoms in total. The average molecular weight is 329 g/mol. The Balaban J connectivity index is 1.81. The Morgan fingerprint density at radius 3 is 2.91 bits per heavy atom. The van der Waals surface area contributed by atoms with Gasteiger partial charge in [0.25, 0.3) is 0 Å². The lowest BCUT2D eigenvalue weighted by atomic mass is 10.0. The Hall–Kier alpha value is -2.74. The van der Waals surface area contributed by atoms with Crippen molar-refractivity contribution in [2.45, 2.75) is 19.4 Å². The minimum Gasteiger partial charge on any atom is -0.361 e. The molecule has 0 radical (unpaired) electrons. The maximum Gasteiger partial charge on any atom is 0.249 e. The molecule has 3 N–H and O–H groups in total. The van der Waals surface area contributed by atoms with Crippen LogP contribution in [0, 0.1) is 0 Å². The third kappa shape index (κ3) is 3.54. The van der Waals surface area contributed by atoms with Crippen LogP contribution in [0.3, 0.4) is 0 Å². The van der Waals surface area contributed by atoms with E-state index in [0.29, 0.717) is 11.6 Å². The summed E-state index contributed by atoms with van der Waals surface area (Å²) >= 11 is 1.23. The molecule has 0 spiro atoms. The molecular weight excluding hydrogens is 314 g/mol. The second kappa shape index (κ2) is 6.57. The molecule has 2 heterocycles. The monoisotopic (exact) mass is 329 g/mol. The van der Waals surface area contributed by atoms with Crippen molar-refractivity contribution in [3.8, 4) is 0 Å². The maximum atomic E-state index is 12.4. The van der Waals surface area contributed by atoms with Crippen molar-refractivity contribution >= 4 is 39.2 Å². The minimum absolute atomic E-state index is 0.262. The first-order valence-corrected chi connectivity index (χ1v) is 7.90. The molecule has 0 saturated carbocycles. The van der Waals surface area contributed by atoms with E-state index in [4.69, 9.17) is 0 Å². The molecule has 118 valence electrons. The van der Waals surface area contributed by atoms with Gasteiger partial charge in [0.1, 0.15) is 11.6 Å². The molecule has 23 heavy (non-hydrogen) atoms. The van der Waals surface area contributed by atoms with Crippen LogP contribution in [0.2, 0.25) is 0 Å². The molecule has 2 aromatic heterocycles. The second-order valence-electron chi connectivity index (χ2n) is 5.05. The van der Waals surface area contributed by atoms with Crippen molar-refractivity contribution in [3.63, 3.8) is 0 Å². The zero-order valence-electron chi connectivity index (χ0n) is 12.4. The fourth-order valence-electron chi connectivity index (χ4n) is 2.40. The van der Waals surface area contributed by atoms with E-state index in [1.807, 2.05) is 30.5 Å². The molecule has 0 aliphatic carbocycles.